The third kappa shape index (κ3) is 8.09. The van der Waals surface area contributed by atoms with Crippen molar-refractivity contribution in [2.75, 3.05) is 26.8 Å². The van der Waals surface area contributed by atoms with Gasteiger partial charge in [-0.3, -0.25) is 0 Å². The Morgan fingerprint density at radius 2 is 1.93 bits per heavy atom. The van der Waals surface area contributed by atoms with Gasteiger partial charge in [0, 0.05) is 19.2 Å². The zero-order chi connectivity index (χ0) is 19.3. The van der Waals surface area contributed by atoms with Crippen LogP contribution in [0.4, 0.5) is 0 Å². The lowest BCUT2D eigenvalue weighted by Crippen LogP contribution is -2.40. The van der Waals surface area contributed by atoms with Gasteiger partial charge in [-0.1, -0.05) is 43.3 Å². The Bertz CT molecular complexity index is 692. The van der Waals surface area contributed by atoms with E-state index in [2.05, 4.69) is 39.7 Å². The van der Waals surface area contributed by atoms with Crippen LogP contribution in [0.2, 0.25) is 0 Å². The molecule has 0 aliphatic rings. The molecule has 1 heterocycles. The quantitative estimate of drug-likeness (QED) is 0.497. The van der Waals surface area contributed by atoms with Crippen LogP contribution in [0.25, 0.3) is 0 Å². The molecule has 146 valence electrons. The predicted molar refractivity (Wildman–Crippen MR) is 109 cm³/mol. The summed E-state index contributed by atoms with van der Waals surface area (Å²) in [4.78, 5) is 8.98. The minimum atomic E-state index is 0.368. The van der Waals surface area contributed by atoms with Crippen LogP contribution in [0.3, 0.4) is 0 Å². The normalized spacial score (nSPS) is 12.5. The first-order valence-corrected chi connectivity index (χ1v) is 9.35. The average molecular weight is 370 g/mol. The van der Waals surface area contributed by atoms with Crippen molar-refractivity contribution in [2.24, 2.45) is 10.9 Å². The summed E-state index contributed by atoms with van der Waals surface area (Å²) in [5, 5.41) is 6.63. The molecule has 2 aromatic rings. The molecule has 0 aliphatic heterocycles. The summed E-state index contributed by atoms with van der Waals surface area (Å²) in [5.74, 6) is 1.74. The van der Waals surface area contributed by atoms with Crippen molar-refractivity contribution < 1.29 is 9.47 Å². The SMILES string of the molecule is CCNC(=NCc1cccc(OC)n1)NCC(C)COCc1ccccc1. The molecule has 2 N–H and O–H groups in total. The second kappa shape index (κ2) is 11.9. The van der Waals surface area contributed by atoms with Gasteiger partial charge in [0.15, 0.2) is 5.96 Å². The lowest BCUT2D eigenvalue weighted by Gasteiger charge is -2.16. The minimum Gasteiger partial charge on any atom is -0.481 e. The van der Waals surface area contributed by atoms with Crippen molar-refractivity contribution in [1.29, 1.82) is 0 Å². The lowest BCUT2D eigenvalue weighted by atomic mass is 10.2. The molecule has 1 aromatic heterocycles. The van der Waals surface area contributed by atoms with Crippen LogP contribution in [0.5, 0.6) is 5.88 Å². The Labute approximate surface area is 162 Å². The minimum absolute atomic E-state index is 0.368. The maximum absolute atomic E-state index is 5.80. The van der Waals surface area contributed by atoms with E-state index in [1.807, 2.05) is 43.3 Å². The van der Waals surface area contributed by atoms with E-state index in [1.54, 1.807) is 7.11 Å². The number of aromatic nitrogens is 1. The van der Waals surface area contributed by atoms with Crippen molar-refractivity contribution in [3.8, 4) is 5.88 Å². The highest BCUT2D eigenvalue weighted by Crippen LogP contribution is 2.07. The summed E-state index contributed by atoms with van der Waals surface area (Å²) >= 11 is 0. The van der Waals surface area contributed by atoms with E-state index >= 15 is 0 Å². The van der Waals surface area contributed by atoms with Crippen LogP contribution >= 0.6 is 0 Å². The molecule has 0 radical (unpaired) electrons. The Morgan fingerprint density at radius 3 is 2.67 bits per heavy atom. The summed E-state index contributed by atoms with van der Waals surface area (Å²) in [6.45, 7) is 7.62. The summed E-state index contributed by atoms with van der Waals surface area (Å²) in [6, 6.07) is 15.9. The van der Waals surface area contributed by atoms with Crippen LogP contribution in [0, 0.1) is 5.92 Å². The third-order valence-corrected chi connectivity index (χ3v) is 3.87. The van der Waals surface area contributed by atoms with E-state index in [0.717, 1.165) is 24.7 Å². The second-order valence-corrected chi connectivity index (χ2v) is 6.35. The van der Waals surface area contributed by atoms with Gasteiger partial charge in [-0.2, -0.15) is 0 Å². The zero-order valence-electron chi connectivity index (χ0n) is 16.4. The van der Waals surface area contributed by atoms with Gasteiger partial charge < -0.3 is 20.1 Å². The summed E-state index contributed by atoms with van der Waals surface area (Å²) in [6.07, 6.45) is 0. The van der Waals surface area contributed by atoms with Crippen LogP contribution in [-0.2, 0) is 17.9 Å². The molecule has 6 heteroatoms. The van der Waals surface area contributed by atoms with E-state index < -0.39 is 0 Å². The van der Waals surface area contributed by atoms with Gasteiger partial charge >= 0.3 is 0 Å². The highest BCUT2D eigenvalue weighted by Gasteiger charge is 2.05. The standard InChI is InChI=1S/C21H30N4O2/c1-4-22-21(24-14-19-11-8-12-20(25-19)26-3)23-13-17(2)15-27-16-18-9-6-5-7-10-18/h5-12,17H,4,13-16H2,1-3H3,(H2,22,23,24). The van der Waals surface area contributed by atoms with Gasteiger partial charge in [0.05, 0.1) is 32.6 Å². The first-order valence-electron chi connectivity index (χ1n) is 9.35. The molecule has 0 bridgehead atoms. The van der Waals surface area contributed by atoms with E-state index in [9.17, 15) is 0 Å². The van der Waals surface area contributed by atoms with Gasteiger partial charge in [-0.15, -0.1) is 0 Å². The Hall–Kier alpha value is -2.60. The number of nitrogens with zero attached hydrogens (tertiary/aromatic N) is 2. The molecule has 2 rings (SSSR count). The lowest BCUT2D eigenvalue weighted by molar-refractivity contribution is 0.0931. The summed E-state index contributed by atoms with van der Waals surface area (Å²) in [7, 11) is 1.61. The van der Waals surface area contributed by atoms with Gasteiger partial charge in [0.25, 0.3) is 0 Å². The monoisotopic (exact) mass is 370 g/mol. The van der Waals surface area contributed by atoms with Crippen LogP contribution in [0.1, 0.15) is 25.1 Å². The molecule has 6 nitrogen and oxygen atoms in total. The topological polar surface area (TPSA) is 67.8 Å². The number of hydrogen-bond donors (Lipinski definition) is 2. The summed E-state index contributed by atoms with van der Waals surface area (Å²) < 4.78 is 11.0. The molecule has 27 heavy (non-hydrogen) atoms. The van der Waals surface area contributed by atoms with E-state index in [4.69, 9.17) is 9.47 Å². The van der Waals surface area contributed by atoms with Crippen molar-refractivity contribution in [2.45, 2.75) is 27.0 Å². The van der Waals surface area contributed by atoms with Crippen LogP contribution in [-0.4, -0.2) is 37.7 Å². The zero-order valence-corrected chi connectivity index (χ0v) is 16.4. The van der Waals surface area contributed by atoms with Gasteiger partial charge in [0.1, 0.15) is 0 Å². The predicted octanol–water partition coefficient (Wildman–Crippen LogP) is 3.00. The highest BCUT2D eigenvalue weighted by atomic mass is 16.5. The van der Waals surface area contributed by atoms with Crippen molar-refractivity contribution in [3.05, 3.63) is 59.8 Å². The van der Waals surface area contributed by atoms with Gasteiger partial charge in [-0.25, -0.2) is 9.98 Å². The Balaban J connectivity index is 1.76. The van der Waals surface area contributed by atoms with Crippen LogP contribution in [0.15, 0.2) is 53.5 Å². The fourth-order valence-electron chi connectivity index (χ4n) is 2.44. The molecular weight excluding hydrogens is 340 g/mol. The van der Waals surface area contributed by atoms with E-state index in [-0.39, 0.29) is 0 Å². The highest BCUT2D eigenvalue weighted by molar-refractivity contribution is 5.79. The number of nitrogens with one attached hydrogen (secondary N) is 2. The average Bonchev–Trinajstić information content (AvgIpc) is 2.71. The number of rotatable bonds is 10. The number of pyridine rings is 1. The smallest absolute Gasteiger partial charge is 0.213 e. The first-order chi connectivity index (χ1) is 13.2. The fourth-order valence-corrected chi connectivity index (χ4v) is 2.44. The third-order valence-electron chi connectivity index (χ3n) is 3.87. The fraction of sp³-hybridized carbons (Fsp3) is 0.429. The molecule has 0 saturated carbocycles. The van der Waals surface area contributed by atoms with Crippen molar-refractivity contribution in [3.63, 3.8) is 0 Å². The largest absolute Gasteiger partial charge is 0.481 e. The van der Waals surface area contributed by atoms with Crippen LogP contribution < -0.4 is 15.4 Å². The number of aliphatic imine (C=N–C) groups is 1. The molecule has 0 spiro atoms. The molecular formula is C21H30N4O2. The molecule has 1 aromatic carbocycles. The van der Waals surface area contributed by atoms with Gasteiger partial charge in [0.2, 0.25) is 5.88 Å². The first kappa shape index (κ1) is 20.7. The molecule has 0 amide bonds. The number of ether oxygens (including phenoxy) is 2. The van der Waals surface area contributed by atoms with Crippen molar-refractivity contribution >= 4 is 5.96 Å². The number of guanidine groups is 1. The number of hydrogen-bond acceptors (Lipinski definition) is 4. The Kier molecular flexibility index (Phi) is 9.13. The van der Waals surface area contributed by atoms with E-state index in [1.165, 1.54) is 5.56 Å². The maximum Gasteiger partial charge on any atom is 0.213 e. The van der Waals surface area contributed by atoms with Gasteiger partial charge in [-0.05, 0) is 24.5 Å². The number of methoxy groups -OCH3 is 1. The molecule has 1 atom stereocenters. The Morgan fingerprint density at radius 1 is 1.11 bits per heavy atom. The molecule has 1 unspecified atom stereocenters. The van der Waals surface area contributed by atoms with E-state index in [0.29, 0.717) is 31.6 Å². The number of benzene rings is 1. The second-order valence-electron chi connectivity index (χ2n) is 6.35. The maximum atomic E-state index is 5.80. The molecule has 0 aliphatic carbocycles. The molecule has 0 saturated heterocycles. The summed E-state index contributed by atoms with van der Waals surface area (Å²) in [5.41, 5.74) is 2.06. The molecule has 0 fully saturated rings. The van der Waals surface area contributed by atoms with Crippen molar-refractivity contribution in [1.82, 2.24) is 15.6 Å².